The lowest BCUT2D eigenvalue weighted by molar-refractivity contribution is -0.117. The number of ether oxygens (including phenoxy) is 1. The fraction of sp³-hybridized carbons (Fsp3) is 0.500. The molecule has 1 saturated heterocycles. The zero-order valence-corrected chi connectivity index (χ0v) is 8.67. The summed E-state index contributed by atoms with van der Waals surface area (Å²) in [5.74, 6) is 0.168. The summed E-state index contributed by atoms with van der Waals surface area (Å²) in [4.78, 5) is 12.6. The largest absolute Gasteiger partial charge is 0.394 e. The van der Waals surface area contributed by atoms with E-state index in [0.29, 0.717) is 12.2 Å². The predicted molar refractivity (Wildman–Crippen MR) is 54.6 cm³/mol. The van der Waals surface area contributed by atoms with Crippen LogP contribution in [0.5, 0.6) is 0 Å². The van der Waals surface area contributed by atoms with Gasteiger partial charge in [0.05, 0.1) is 12.7 Å². The molecule has 0 aliphatic carbocycles. The van der Waals surface area contributed by atoms with Crippen LogP contribution in [0.3, 0.4) is 0 Å². The lowest BCUT2D eigenvalue weighted by Gasteiger charge is -2.30. The van der Waals surface area contributed by atoms with Crippen molar-refractivity contribution < 1.29 is 19.7 Å². The third-order valence-corrected chi connectivity index (χ3v) is 2.66. The van der Waals surface area contributed by atoms with Gasteiger partial charge in [0.1, 0.15) is 18.2 Å². The number of carbonyl (C=O) groups excluding carboxylic acids is 1. The molecule has 0 radical (unpaired) electrons. The standard InChI is InChI=1S/C10H14N2O4/c1-6-11-9(15)2-3-12(6)10-4-7(14)8(5-13)16-10/h2-3,7-8,10,13-14H,1,4-5H2,(H,11,15)/t7?,8-,10-/m1/s1/i14+2. The van der Waals surface area contributed by atoms with Crippen molar-refractivity contribution in [3.05, 3.63) is 24.7 Å². The summed E-state index contributed by atoms with van der Waals surface area (Å²) in [7, 11) is 0. The Balaban J connectivity index is 2.07. The quantitative estimate of drug-likeness (QED) is 0.521. The molecule has 1 fully saturated rings. The molecule has 2 rings (SSSR count). The second-order valence-corrected chi connectivity index (χ2v) is 3.77. The number of rotatable bonds is 2. The summed E-state index contributed by atoms with van der Waals surface area (Å²) in [5, 5.41) is 21.1. The molecule has 6 heteroatoms. The molecule has 3 N–H and O–H groups in total. The molecule has 0 saturated carbocycles. The average molecular weight is 228 g/mol. The fourth-order valence-electron chi connectivity index (χ4n) is 1.81. The molecule has 2 aliphatic rings. The average Bonchev–Trinajstić information content (AvgIpc) is 2.59. The zero-order valence-electron chi connectivity index (χ0n) is 8.67. The molecule has 0 aromatic rings. The maximum absolute atomic E-state index is 11.0. The topological polar surface area (TPSA) is 82.0 Å². The summed E-state index contributed by atoms with van der Waals surface area (Å²) in [5.41, 5.74) is 0. The highest BCUT2D eigenvalue weighted by Crippen LogP contribution is 2.25. The van der Waals surface area contributed by atoms with Crippen LogP contribution in [0.2, 0.25) is 0 Å². The first-order valence-electron chi connectivity index (χ1n) is 5.02. The minimum Gasteiger partial charge on any atom is -0.394 e. The molecule has 16 heavy (non-hydrogen) atoms. The predicted octanol–water partition coefficient (Wildman–Crippen LogP) is -1.13. The van der Waals surface area contributed by atoms with Crippen molar-refractivity contribution in [1.82, 2.24) is 10.2 Å². The van der Waals surface area contributed by atoms with Gasteiger partial charge < -0.3 is 25.2 Å². The van der Waals surface area contributed by atoms with Crippen LogP contribution in [0, 0.1) is 0 Å². The molecule has 1 unspecified atom stereocenters. The highest BCUT2D eigenvalue weighted by molar-refractivity contribution is 5.89. The Kier molecular flexibility index (Phi) is 2.95. The van der Waals surface area contributed by atoms with E-state index in [2.05, 4.69) is 11.9 Å². The second kappa shape index (κ2) is 4.25. The summed E-state index contributed by atoms with van der Waals surface area (Å²) in [6.45, 7) is 3.46. The Labute approximate surface area is 92.8 Å². The lowest BCUT2D eigenvalue weighted by Crippen LogP contribution is -2.41. The van der Waals surface area contributed by atoms with Crippen molar-refractivity contribution in [2.75, 3.05) is 6.61 Å². The first-order chi connectivity index (χ1) is 7.61. The molecule has 0 spiro atoms. The maximum atomic E-state index is 11.0. The molecular weight excluding hydrogens is 214 g/mol. The summed E-state index contributed by atoms with van der Waals surface area (Å²) in [6, 6.07) is 0. The summed E-state index contributed by atoms with van der Waals surface area (Å²) in [6.07, 6.45) is 1.59. The fourth-order valence-corrected chi connectivity index (χ4v) is 1.81. The van der Waals surface area contributed by atoms with Crippen molar-refractivity contribution >= 4 is 5.91 Å². The van der Waals surface area contributed by atoms with Gasteiger partial charge in [-0.2, -0.15) is 0 Å². The van der Waals surface area contributed by atoms with Gasteiger partial charge in [0.15, 0.2) is 0 Å². The number of nitrogens with zero attached hydrogens (tertiary/aromatic N) is 1. The number of aliphatic hydroxyl groups is 2. The van der Waals surface area contributed by atoms with Crippen LogP contribution in [0.4, 0.5) is 0 Å². The van der Waals surface area contributed by atoms with Gasteiger partial charge >= 0.3 is 0 Å². The highest BCUT2D eigenvalue weighted by atomic mass is 18.2. The summed E-state index contributed by atoms with van der Waals surface area (Å²) < 4.78 is 5.43. The van der Waals surface area contributed by atoms with Gasteiger partial charge in [0, 0.05) is 18.7 Å². The minimum absolute atomic E-state index is 0.228. The Morgan fingerprint density at radius 3 is 3.06 bits per heavy atom. The van der Waals surface area contributed by atoms with Crippen LogP contribution < -0.4 is 5.32 Å². The van der Waals surface area contributed by atoms with E-state index >= 15 is 0 Å². The number of aliphatic hydroxyl groups excluding tert-OH is 2. The van der Waals surface area contributed by atoms with E-state index in [9.17, 15) is 9.90 Å². The number of hydrogen-bond donors (Lipinski definition) is 3. The number of amides is 1. The van der Waals surface area contributed by atoms with E-state index in [1.54, 1.807) is 11.1 Å². The van der Waals surface area contributed by atoms with Crippen LogP contribution >= 0.6 is 0 Å². The smallest absolute Gasteiger partial charge is 0.250 e. The van der Waals surface area contributed by atoms with Crippen LogP contribution in [0.1, 0.15) is 6.42 Å². The zero-order chi connectivity index (χ0) is 11.7. The molecule has 0 aromatic carbocycles. The van der Waals surface area contributed by atoms with Crippen LogP contribution in [0.25, 0.3) is 0 Å². The van der Waals surface area contributed by atoms with E-state index in [1.807, 2.05) is 0 Å². The maximum Gasteiger partial charge on any atom is 0.250 e. The molecule has 3 atom stereocenters. The number of nitrogens with one attached hydrogen (secondary N) is 1. The molecule has 1 amide bonds. The molecule has 88 valence electrons. The van der Waals surface area contributed by atoms with Crippen molar-refractivity contribution in [2.24, 2.45) is 0 Å². The molecule has 0 aromatic heterocycles. The number of carbonyl (C=O) groups is 1. The van der Waals surface area contributed by atoms with Crippen LogP contribution in [-0.2, 0) is 9.53 Å². The van der Waals surface area contributed by atoms with Crippen molar-refractivity contribution in [1.29, 1.82) is 0 Å². The molecule has 2 heterocycles. The van der Waals surface area contributed by atoms with E-state index in [4.69, 9.17) is 9.84 Å². The Morgan fingerprint density at radius 2 is 2.50 bits per heavy atom. The van der Waals surface area contributed by atoms with Gasteiger partial charge in [0.2, 0.25) is 0 Å². The molecule has 6 nitrogen and oxygen atoms in total. The van der Waals surface area contributed by atoms with Crippen molar-refractivity contribution in [2.45, 2.75) is 24.9 Å². The Bertz CT molecular complexity index is 342. The van der Waals surface area contributed by atoms with Gasteiger partial charge in [-0.15, -0.1) is 0 Å². The van der Waals surface area contributed by atoms with E-state index in [-0.39, 0.29) is 12.5 Å². The minimum atomic E-state index is -0.700. The third kappa shape index (κ3) is 1.95. The van der Waals surface area contributed by atoms with Crippen LogP contribution in [0.15, 0.2) is 24.7 Å². The second-order valence-electron chi connectivity index (χ2n) is 3.77. The van der Waals surface area contributed by atoms with Gasteiger partial charge in [-0.1, -0.05) is 6.58 Å². The van der Waals surface area contributed by atoms with Gasteiger partial charge in [0.25, 0.3) is 5.91 Å². The lowest BCUT2D eigenvalue weighted by atomic mass is 10.2. The third-order valence-electron chi connectivity index (χ3n) is 2.66. The summed E-state index contributed by atoms with van der Waals surface area (Å²) >= 11 is 0. The van der Waals surface area contributed by atoms with Crippen molar-refractivity contribution in [3.8, 4) is 0 Å². The highest BCUT2D eigenvalue weighted by Gasteiger charge is 2.37. The Hall–Kier alpha value is -1.37. The Morgan fingerprint density at radius 1 is 1.75 bits per heavy atom. The van der Waals surface area contributed by atoms with Crippen molar-refractivity contribution in [3.63, 3.8) is 0 Å². The first-order valence-corrected chi connectivity index (χ1v) is 5.02. The SMILES string of the molecule is C=C1NC(=O)C=CN1[C@H]1CC([18OH])[C@@H](CO)O1. The normalized spacial score (nSPS) is 34.4. The van der Waals surface area contributed by atoms with E-state index < -0.39 is 18.4 Å². The van der Waals surface area contributed by atoms with Gasteiger partial charge in [-0.3, -0.25) is 4.79 Å². The molecule has 0 bridgehead atoms. The molecular formula is C10H14N2O4. The monoisotopic (exact) mass is 228 g/mol. The first kappa shape index (κ1) is 11.1. The number of hydrogen-bond acceptors (Lipinski definition) is 5. The van der Waals surface area contributed by atoms with Gasteiger partial charge in [-0.25, -0.2) is 0 Å². The molecule has 2 aliphatic heterocycles. The van der Waals surface area contributed by atoms with Gasteiger partial charge in [-0.05, 0) is 0 Å². The van der Waals surface area contributed by atoms with Crippen LogP contribution in [-0.4, -0.2) is 46.1 Å². The van der Waals surface area contributed by atoms with E-state index in [0.717, 1.165) is 0 Å². The van der Waals surface area contributed by atoms with E-state index in [1.165, 1.54) is 6.08 Å².